The molecule has 0 bridgehead atoms. The maximum atomic E-state index is 11.8. The van der Waals surface area contributed by atoms with Gasteiger partial charge in [0.05, 0.1) is 7.11 Å². The summed E-state index contributed by atoms with van der Waals surface area (Å²) in [5, 5.41) is 0. The van der Waals surface area contributed by atoms with E-state index in [1.165, 1.54) is 6.42 Å². The van der Waals surface area contributed by atoms with Crippen molar-refractivity contribution < 1.29 is 9.53 Å². The first-order chi connectivity index (χ1) is 8.29. The number of ether oxygens (including phenoxy) is 1. The van der Waals surface area contributed by atoms with E-state index in [-0.39, 0.29) is 0 Å². The SMILES string of the molecule is COc1ccc(C=C2CCCCCC2=O)cc1. The van der Waals surface area contributed by atoms with E-state index in [0.29, 0.717) is 12.2 Å². The summed E-state index contributed by atoms with van der Waals surface area (Å²) in [5.41, 5.74) is 2.06. The standard InChI is InChI=1S/C15H18O2/c1-17-14-9-7-12(8-10-14)11-13-5-3-2-4-6-15(13)16/h7-11H,2-6H2,1H3. The van der Waals surface area contributed by atoms with Crippen molar-refractivity contribution in [2.75, 3.05) is 7.11 Å². The summed E-state index contributed by atoms with van der Waals surface area (Å²) < 4.78 is 5.11. The summed E-state index contributed by atoms with van der Waals surface area (Å²) in [6.07, 6.45) is 7.00. The van der Waals surface area contributed by atoms with Crippen molar-refractivity contribution in [3.8, 4) is 5.75 Å². The zero-order valence-electron chi connectivity index (χ0n) is 10.2. The van der Waals surface area contributed by atoms with E-state index in [1.807, 2.05) is 30.3 Å². The molecule has 0 spiro atoms. The molecule has 1 aromatic carbocycles. The van der Waals surface area contributed by atoms with Gasteiger partial charge in [-0.2, -0.15) is 0 Å². The van der Waals surface area contributed by atoms with Crippen LogP contribution in [0.1, 0.15) is 37.7 Å². The lowest BCUT2D eigenvalue weighted by atomic mass is 10.0. The van der Waals surface area contributed by atoms with E-state index < -0.39 is 0 Å². The van der Waals surface area contributed by atoms with Gasteiger partial charge in [0.15, 0.2) is 5.78 Å². The van der Waals surface area contributed by atoms with Gasteiger partial charge in [0.2, 0.25) is 0 Å². The van der Waals surface area contributed by atoms with Crippen LogP contribution in [0.4, 0.5) is 0 Å². The summed E-state index contributed by atoms with van der Waals surface area (Å²) in [6, 6.07) is 7.83. The first-order valence-electron chi connectivity index (χ1n) is 6.17. The van der Waals surface area contributed by atoms with Gasteiger partial charge in [-0.25, -0.2) is 0 Å². The van der Waals surface area contributed by atoms with Crippen LogP contribution in [0.2, 0.25) is 0 Å². The molecule has 2 rings (SSSR count). The molecule has 1 saturated carbocycles. The smallest absolute Gasteiger partial charge is 0.158 e. The monoisotopic (exact) mass is 230 g/mol. The fourth-order valence-electron chi connectivity index (χ4n) is 2.13. The molecule has 2 heteroatoms. The summed E-state index contributed by atoms with van der Waals surface area (Å²) in [4.78, 5) is 11.8. The second-order valence-corrected chi connectivity index (χ2v) is 4.43. The molecule has 0 amide bonds. The Labute approximate surface area is 102 Å². The second kappa shape index (κ2) is 5.67. The second-order valence-electron chi connectivity index (χ2n) is 4.43. The van der Waals surface area contributed by atoms with Gasteiger partial charge in [0.1, 0.15) is 5.75 Å². The van der Waals surface area contributed by atoms with E-state index in [1.54, 1.807) is 7.11 Å². The van der Waals surface area contributed by atoms with Gasteiger partial charge >= 0.3 is 0 Å². The van der Waals surface area contributed by atoms with E-state index in [4.69, 9.17) is 4.74 Å². The minimum atomic E-state index is 0.318. The van der Waals surface area contributed by atoms with Crippen LogP contribution in [0, 0.1) is 0 Å². The van der Waals surface area contributed by atoms with Gasteiger partial charge in [0, 0.05) is 6.42 Å². The van der Waals surface area contributed by atoms with E-state index >= 15 is 0 Å². The third-order valence-electron chi connectivity index (χ3n) is 3.16. The molecule has 1 aliphatic carbocycles. The molecule has 1 aromatic rings. The fourth-order valence-corrected chi connectivity index (χ4v) is 2.13. The quantitative estimate of drug-likeness (QED) is 0.573. The highest BCUT2D eigenvalue weighted by atomic mass is 16.5. The normalized spacial score (nSPS) is 19.1. The average Bonchev–Trinajstić information content (AvgIpc) is 2.56. The summed E-state index contributed by atoms with van der Waals surface area (Å²) in [5.74, 6) is 1.16. The number of ketones is 1. The number of Topliss-reactive ketones (excluding diaryl/α,β-unsaturated/α-hetero) is 1. The number of hydrogen-bond acceptors (Lipinski definition) is 2. The van der Waals surface area contributed by atoms with Crippen LogP contribution >= 0.6 is 0 Å². The number of methoxy groups -OCH3 is 1. The van der Waals surface area contributed by atoms with Crippen molar-refractivity contribution in [1.29, 1.82) is 0 Å². The number of allylic oxidation sites excluding steroid dienone is 1. The minimum absolute atomic E-state index is 0.318. The molecule has 1 fully saturated rings. The van der Waals surface area contributed by atoms with Crippen molar-refractivity contribution in [3.63, 3.8) is 0 Å². The molecule has 0 atom stereocenters. The molecule has 1 aliphatic rings. The van der Waals surface area contributed by atoms with Gasteiger partial charge < -0.3 is 4.74 Å². The molecule has 0 unspecified atom stereocenters. The Morgan fingerprint density at radius 2 is 1.76 bits per heavy atom. The molecular formula is C15H18O2. The highest BCUT2D eigenvalue weighted by Gasteiger charge is 2.12. The van der Waals surface area contributed by atoms with Gasteiger partial charge in [-0.3, -0.25) is 4.79 Å². The van der Waals surface area contributed by atoms with Gasteiger partial charge in [-0.1, -0.05) is 18.6 Å². The predicted octanol–water partition coefficient (Wildman–Crippen LogP) is 3.61. The number of carbonyl (C=O) groups excluding carboxylic acids is 1. The lowest BCUT2D eigenvalue weighted by molar-refractivity contribution is -0.115. The average molecular weight is 230 g/mol. The Bertz CT molecular complexity index is 415. The first-order valence-corrected chi connectivity index (χ1v) is 6.17. The molecule has 90 valence electrons. The molecule has 0 aromatic heterocycles. The maximum Gasteiger partial charge on any atom is 0.158 e. The Hall–Kier alpha value is -1.57. The Balaban J connectivity index is 2.18. The van der Waals surface area contributed by atoms with Gasteiger partial charge in [-0.15, -0.1) is 0 Å². The third-order valence-corrected chi connectivity index (χ3v) is 3.16. The first kappa shape index (κ1) is 11.9. The summed E-state index contributed by atoms with van der Waals surface area (Å²) in [7, 11) is 1.66. The predicted molar refractivity (Wildman–Crippen MR) is 69.1 cm³/mol. The molecule has 0 aliphatic heterocycles. The summed E-state index contributed by atoms with van der Waals surface area (Å²) >= 11 is 0. The van der Waals surface area contributed by atoms with Crippen LogP contribution in [-0.4, -0.2) is 12.9 Å². The van der Waals surface area contributed by atoms with Crippen molar-refractivity contribution in [3.05, 3.63) is 35.4 Å². The Kier molecular flexibility index (Phi) is 3.97. The number of carbonyl (C=O) groups is 1. The largest absolute Gasteiger partial charge is 0.497 e. The van der Waals surface area contributed by atoms with Crippen molar-refractivity contribution in [2.24, 2.45) is 0 Å². The number of rotatable bonds is 2. The van der Waals surface area contributed by atoms with Crippen LogP contribution in [0.5, 0.6) is 5.75 Å². The van der Waals surface area contributed by atoms with Crippen LogP contribution in [0.3, 0.4) is 0 Å². The van der Waals surface area contributed by atoms with E-state index in [9.17, 15) is 4.79 Å². The molecule has 2 nitrogen and oxygen atoms in total. The lowest BCUT2D eigenvalue weighted by Crippen LogP contribution is -1.99. The molecule has 0 radical (unpaired) electrons. The van der Waals surface area contributed by atoms with Crippen molar-refractivity contribution in [1.82, 2.24) is 0 Å². The fraction of sp³-hybridized carbons (Fsp3) is 0.400. The van der Waals surface area contributed by atoms with Crippen LogP contribution in [0.25, 0.3) is 6.08 Å². The molecule has 0 saturated heterocycles. The highest BCUT2D eigenvalue weighted by Crippen LogP contribution is 2.22. The minimum Gasteiger partial charge on any atom is -0.497 e. The Morgan fingerprint density at radius 1 is 1.06 bits per heavy atom. The number of hydrogen-bond donors (Lipinski definition) is 0. The molecule has 0 N–H and O–H groups in total. The van der Waals surface area contributed by atoms with Crippen LogP contribution < -0.4 is 4.74 Å². The van der Waals surface area contributed by atoms with Gasteiger partial charge in [0.25, 0.3) is 0 Å². The van der Waals surface area contributed by atoms with E-state index in [0.717, 1.165) is 36.1 Å². The van der Waals surface area contributed by atoms with Crippen LogP contribution in [0.15, 0.2) is 29.8 Å². The maximum absolute atomic E-state index is 11.8. The summed E-state index contributed by atoms with van der Waals surface area (Å²) in [6.45, 7) is 0. The van der Waals surface area contributed by atoms with E-state index in [2.05, 4.69) is 0 Å². The molecular weight excluding hydrogens is 212 g/mol. The zero-order chi connectivity index (χ0) is 12.1. The molecule has 17 heavy (non-hydrogen) atoms. The zero-order valence-corrected chi connectivity index (χ0v) is 10.2. The Morgan fingerprint density at radius 3 is 2.47 bits per heavy atom. The topological polar surface area (TPSA) is 26.3 Å². The van der Waals surface area contributed by atoms with Crippen molar-refractivity contribution in [2.45, 2.75) is 32.1 Å². The third kappa shape index (κ3) is 3.19. The number of benzene rings is 1. The molecule has 0 heterocycles. The highest BCUT2D eigenvalue weighted by molar-refractivity contribution is 5.99. The van der Waals surface area contributed by atoms with Gasteiger partial charge in [-0.05, 0) is 48.6 Å². The van der Waals surface area contributed by atoms with Crippen molar-refractivity contribution >= 4 is 11.9 Å². The van der Waals surface area contributed by atoms with Crippen LogP contribution in [-0.2, 0) is 4.79 Å². The lowest BCUT2D eigenvalue weighted by Gasteiger charge is -2.03.